The van der Waals surface area contributed by atoms with Crippen LogP contribution < -0.4 is 4.74 Å². The number of carboxylic acid groups (broad SMARTS) is 1. The maximum absolute atomic E-state index is 10.7. The van der Waals surface area contributed by atoms with E-state index in [0.29, 0.717) is 25.4 Å². The molecule has 1 aromatic carbocycles. The fraction of sp³-hybridized carbons (Fsp3) is 0.417. The number of phenolic OH excluding ortho intramolecular Hbond substituents is 1. The minimum absolute atomic E-state index is 0.126. The first-order valence-corrected chi connectivity index (χ1v) is 5.57. The van der Waals surface area contributed by atoms with Crippen molar-refractivity contribution in [2.45, 2.75) is 6.04 Å². The van der Waals surface area contributed by atoms with Gasteiger partial charge in [0.25, 0.3) is 0 Å². The number of rotatable bonds is 2. The molecule has 2 aliphatic heterocycles. The van der Waals surface area contributed by atoms with Crippen LogP contribution in [0.3, 0.4) is 0 Å². The van der Waals surface area contributed by atoms with Gasteiger partial charge in [0, 0.05) is 24.7 Å². The van der Waals surface area contributed by atoms with Crippen molar-refractivity contribution in [3.63, 3.8) is 0 Å². The second-order valence-electron chi connectivity index (χ2n) is 4.54. The van der Waals surface area contributed by atoms with E-state index in [9.17, 15) is 9.90 Å². The van der Waals surface area contributed by atoms with E-state index in [-0.39, 0.29) is 17.7 Å². The van der Waals surface area contributed by atoms with Gasteiger partial charge in [-0.2, -0.15) is 0 Å². The van der Waals surface area contributed by atoms with Gasteiger partial charge in [-0.05, 0) is 12.1 Å². The second-order valence-corrected chi connectivity index (χ2v) is 4.54. The van der Waals surface area contributed by atoms with Crippen molar-refractivity contribution in [1.29, 1.82) is 0 Å². The highest BCUT2D eigenvalue weighted by atomic mass is 16.5. The first-order valence-electron chi connectivity index (χ1n) is 5.57. The minimum Gasteiger partial charge on any atom is -0.508 e. The predicted octanol–water partition coefficient (Wildman–Crippen LogP) is 0.842. The lowest BCUT2D eigenvalue weighted by atomic mass is 9.95. The molecule has 5 nitrogen and oxygen atoms in total. The first-order chi connectivity index (χ1) is 8.15. The SMILES string of the molecule is O=C(O)C1CN(C2COc3cc(O)ccc32)C1. The Morgan fingerprint density at radius 3 is 2.88 bits per heavy atom. The number of hydrogen-bond donors (Lipinski definition) is 2. The molecule has 17 heavy (non-hydrogen) atoms. The number of hydrogen-bond acceptors (Lipinski definition) is 4. The van der Waals surface area contributed by atoms with Crippen LogP contribution in [-0.2, 0) is 4.79 Å². The molecule has 90 valence electrons. The number of aromatic hydroxyl groups is 1. The van der Waals surface area contributed by atoms with Gasteiger partial charge < -0.3 is 14.9 Å². The summed E-state index contributed by atoms with van der Waals surface area (Å²) >= 11 is 0. The molecule has 0 radical (unpaired) electrons. The number of ether oxygens (including phenoxy) is 1. The fourth-order valence-electron chi connectivity index (χ4n) is 2.41. The van der Waals surface area contributed by atoms with Crippen LogP contribution in [-0.4, -0.2) is 40.8 Å². The van der Waals surface area contributed by atoms with Crippen LogP contribution in [0, 0.1) is 5.92 Å². The van der Waals surface area contributed by atoms with E-state index in [1.165, 1.54) is 0 Å². The molecule has 0 aromatic heterocycles. The van der Waals surface area contributed by atoms with E-state index in [1.54, 1.807) is 12.1 Å². The normalized spacial score (nSPS) is 23.9. The monoisotopic (exact) mass is 235 g/mol. The van der Waals surface area contributed by atoms with Crippen molar-refractivity contribution in [3.05, 3.63) is 23.8 Å². The lowest BCUT2D eigenvalue weighted by Gasteiger charge is -2.40. The quantitative estimate of drug-likeness (QED) is 0.795. The number of carboxylic acids is 1. The van der Waals surface area contributed by atoms with E-state index in [1.807, 2.05) is 6.07 Å². The summed E-state index contributed by atoms with van der Waals surface area (Å²) in [6, 6.07) is 5.20. The molecular formula is C12H13NO4. The molecule has 1 aromatic rings. The van der Waals surface area contributed by atoms with Gasteiger partial charge in [0.15, 0.2) is 0 Å². The Kier molecular flexibility index (Phi) is 2.22. The zero-order valence-corrected chi connectivity index (χ0v) is 9.17. The summed E-state index contributed by atoms with van der Waals surface area (Å²) in [4.78, 5) is 12.8. The van der Waals surface area contributed by atoms with Gasteiger partial charge >= 0.3 is 5.97 Å². The molecule has 2 N–H and O–H groups in total. The number of fused-ring (bicyclic) bond motifs is 1. The maximum Gasteiger partial charge on any atom is 0.309 e. The Morgan fingerprint density at radius 2 is 2.18 bits per heavy atom. The number of likely N-dealkylation sites (tertiary alicyclic amines) is 1. The lowest BCUT2D eigenvalue weighted by Crippen LogP contribution is -2.52. The number of phenols is 1. The van der Waals surface area contributed by atoms with E-state index >= 15 is 0 Å². The van der Waals surface area contributed by atoms with E-state index in [2.05, 4.69) is 4.90 Å². The third-order valence-corrected chi connectivity index (χ3v) is 3.45. The topological polar surface area (TPSA) is 70.0 Å². The molecule has 0 amide bonds. The molecule has 0 saturated carbocycles. The molecule has 1 unspecified atom stereocenters. The van der Waals surface area contributed by atoms with Crippen molar-refractivity contribution < 1.29 is 19.7 Å². The summed E-state index contributed by atoms with van der Waals surface area (Å²) in [5.74, 6) is -0.0903. The first kappa shape index (κ1) is 10.4. The molecule has 0 aliphatic carbocycles. The Balaban J connectivity index is 1.75. The number of aliphatic carboxylic acids is 1. The Morgan fingerprint density at radius 1 is 1.41 bits per heavy atom. The molecular weight excluding hydrogens is 222 g/mol. The van der Waals surface area contributed by atoms with Crippen molar-refractivity contribution in [3.8, 4) is 11.5 Å². The third-order valence-electron chi connectivity index (χ3n) is 3.45. The molecule has 2 aliphatic rings. The van der Waals surface area contributed by atoms with Crippen molar-refractivity contribution in [2.24, 2.45) is 5.92 Å². The Bertz CT molecular complexity index is 468. The van der Waals surface area contributed by atoms with Gasteiger partial charge in [-0.1, -0.05) is 0 Å². The Hall–Kier alpha value is -1.75. The van der Waals surface area contributed by atoms with Crippen molar-refractivity contribution in [1.82, 2.24) is 4.90 Å². The number of benzene rings is 1. The minimum atomic E-state index is -0.730. The molecule has 1 fully saturated rings. The van der Waals surface area contributed by atoms with Crippen LogP contribution in [0.1, 0.15) is 11.6 Å². The smallest absolute Gasteiger partial charge is 0.309 e. The molecule has 0 spiro atoms. The van der Waals surface area contributed by atoms with Gasteiger partial charge in [0.1, 0.15) is 18.1 Å². The zero-order chi connectivity index (χ0) is 12.0. The zero-order valence-electron chi connectivity index (χ0n) is 9.17. The van der Waals surface area contributed by atoms with Gasteiger partial charge in [0.2, 0.25) is 0 Å². The number of carbonyl (C=O) groups is 1. The third kappa shape index (κ3) is 1.63. The second kappa shape index (κ2) is 3.63. The molecule has 3 rings (SSSR count). The van der Waals surface area contributed by atoms with Crippen LogP contribution in [0.25, 0.3) is 0 Å². The van der Waals surface area contributed by atoms with Crippen LogP contribution >= 0.6 is 0 Å². The van der Waals surface area contributed by atoms with Crippen LogP contribution in [0.4, 0.5) is 0 Å². The Labute approximate surface area is 98.2 Å². The summed E-state index contributed by atoms with van der Waals surface area (Å²) < 4.78 is 5.50. The summed E-state index contributed by atoms with van der Waals surface area (Å²) in [7, 11) is 0. The predicted molar refractivity (Wildman–Crippen MR) is 59.0 cm³/mol. The molecule has 5 heteroatoms. The van der Waals surface area contributed by atoms with Crippen LogP contribution in [0.5, 0.6) is 11.5 Å². The number of nitrogens with zero attached hydrogens (tertiary/aromatic N) is 1. The molecule has 0 bridgehead atoms. The van der Waals surface area contributed by atoms with Gasteiger partial charge in [0.05, 0.1) is 12.0 Å². The van der Waals surface area contributed by atoms with E-state index in [4.69, 9.17) is 9.84 Å². The largest absolute Gasteiger partial charge is 0.508 e. The van der Waals surface area contributed by atoms with Gasteiger partial charge in [-0.25, -0.2) is 0 Å². The van der Waals surface area contributed by atoms with Crippen molar-refractivity contribution >= 4 is 5.97 Å². The summed E-state index contributed by atoms with van der Waals surface area (Å²) in [5, 5.41) is 18.2. The average molecular weight is 235 g/mol. The van der Waals surface area contributed by atoms with Gasteiger partial charge in [-0.15, -0.1) is 0 Å². The van der Waals surface area contributed by atoms with E-state index < -0.39 is 5.97 Å². The fourth-order valence-corrected chi connectivity index (χ4v) is 2.41. The lowest BCUT2D eigenvalue weighted by molar-refractivity contribution is -0.148. The molecule has 1 atom stereocenters. The van der Waals surface area contributed by atoms with E-state index in [0.717, 1.165) is 5.56 Å². The summed E-state index contributed by atoms with van der Waals surface area (Å²) in [6.45, 7) is 1.68. The average Bonchev–Trinajstić information content (AvgIpc) is 2.58. The highest BCUT2D eigenvalue weighted by molar-refractivity contribution is 5.71. The maximum atomic E-state index is 10.7. The summed E-state index contributed by atoms with van der Waals surface area (Å²) in [6.07, 6.45) is 0. The highest BCUT2D eigenvalue weighted by Crippen LogP contribution is 2.40. The van der Waals surface area contributed by atoms with Crippen LogP contribution in [0.2, 0.25) is 0 Å². The highest BCUT2D eigenvalue weighted by Gasteiger charge is 2.40. The molecule has 1 saturated heterocycles. The molecule has 2 heterocycles. The summed E-state index contributed by atoms with van der Waals surface area (Å²) in [5.41, 5.74) is 1.03. The van der Waals surface area contributed by atoms with Crippen LogP contribution in [0.15, 0.2) is 18.2 Å². The van der Waals surface area contributed by atoms with Gasteiger partial charge in [-0.3, -0.25) is 9.69 Å². The van der Waals surface area contributed by atoms with Crippen molar-refractivity contribution in [2.75, 3.05) is 19.7 Å². The standard InChI is InChI=1S/C12H13NO4/c14-8-1-2-9-10(6-17-11(9)3-8)13-4-7(5-13)12(15)16/h1-3,7,10,14H,4-6H2,(H,15,16).